The number of aromatic carboxylic acids is 1. The Morgan fingerprint density at radius 2 is 2.00 bits per heavy atom. The molecule has 2 N–H and O–H groups in total. The fraction of sp³-hybridized carbons (Fsp3) is 0.200. The summed E-state index contributed by atoms with van der Waals surface area (Å²) in [7, 11) is 0. The van der Waals surface area contributed by atoms with Gasteiger partial charge in [-0.1, -0.05) is 6.07 Å². The molecule has 0 spiro atoms. The average molecular weight is 226 g/mol. The zero-order valence-corrected chi connectivity index (χ0v) is 8.87. The molecule has 0 aliphatic carbocycles. The minimum Gasteiger partial charge on any atom is -0.481 e. The highest BCUT2D eigenvalue weighted by molar-refractivity contribution is 8.00. The van der Waals surface area contributed by atoms with Crippen molar-refractivity contribution in [3.63, 3.8) is 0 Å². The molecule has 0 fully saturated rings. The molecule has 0 saturated carbocycles. The number of aliphatic carboxylic acids is 1. The van der Waals surface area contributed by atoms with E-state index in [1.807, 2.05) is 0 Å². The van der Waals surface area contributed by atoms with E-state index in [1.54, 1.807) is 19.1 Å². The minimum atomic E-state index is -0.995. The zero-order valence-electron chi connectivity index (χ0n) is 8.06. The first-order chi connectivity index (χ1) is 7.00. The Labute approximate surface area is 90.9 Å². The number of aryl methyl sites for hydroxylation is 1. The lowest BCUT2D eigenvalue weighted by molar-refractivity contribution is -0.133. The number of rotatable bonds is 4. The van der Waals surface area contributed by atoms with Crippen molar-refractivity contribution >= 4 is 23.7 Å². The molecule has 0 heterocycles. The lowest BCUT2D eigenvalue weighted by atomic mass is 10.1. The highest BCUT2D eigenvalue weighted by Gasteiger charge is 2.08. The van der Waals surface area contributed by atoms with Crippen molar-refractivity contribution in [1.29, 1.82) is 0 Å². The van der Waals surface area contributed by atoms with Crippen LogP contribution in [0.1, 0.15) is 15.9 Å². The molecule has 1 rings (SSSR count). The highest BCUT2D eigenvalue weighted by Crippen LogP contribution is 2.21. The first-order valence-corrected chi connectivity index (χ1v) is 5.18. The van der Waals surface area contributed by atoms with Gasteiger partial charge < -0.3 is 10.2 Å². The Hall–Kier alpha value is -1.49. The van der Waals surface area contributed by atoms with Gasteiger partial charge in [-0.05, 0) is 24.6 Å². The van der Waals surface area contributed by atoms with Crippen LogP contribution in [0.3, 0.4) is 0 Å². The van der Waals surface area contributed by atoms with Crippen LogP contribution in [0.15, 0.2) is 23.1 Å². The Bertz CT molecular complexity index is 400. The summed E-state index contributed by atoms with van der Waals surface area (Å²) in [5.41, 5.74) is 0.882. The number of hydrogen-bond donors (Lipinski definition) is 2. The summed E-state index contributed by atoms with van der Waals surface area (Å²) >= 11 is 1.11. The molecule has 0 aliphatic heterocycles. The summed E-state index contributed by atoms with van der Waals surface area (Å²) in [6.07, 6.45) is 0. The van der Waals surface area contributed by atoms with Gasteiger partial charge in [-0.15, -0.1) is 11.8 Å². The maximum atomic E-state index is 10.8. The lowest BCUT2D eigenvalue weighted by Gasteiger charge is -2.03. The molecule has 4 nitrogen and oxygen atoms in total. The SMILES string of the molecule is Cc1ccc(SCC(=O)O)cc1C(=O)O. The van der Waals surface area contributed by atoms with Gasteiger partial charge in [-0.3, -0.25) is 4.79 Å². The summed E-state index contributed by atoms with van der Waals surface area (Å²) in [5, 5.41) is 17.3. The van der Waals surface area contributed by atoms with Gasteiger partial charge in [-0.2, -0.15) is 0 Å². The number of hydrogen-bond acceptors (Lipinski definition) is 3. The maximum Gasteiger partial charge on any atom is 0.335 e. The molecular weight excluding hydrogens is 216 g/mol. The first kappa shape index (κ1) is 11.6. The van der Waals surface area contributed by atoms with Gasteiger partial charge >= 0.3 is 11.9 Å². The van der Waals surface area contributed by atoms with Crippen LogP contribution in [0.2, 0.25) is 0 Å². The fourth-order valence-corrected chi connectivity index (χ4v) is 1.72. The molecule has 1 aromatic carbocycles. The molecule has 5 heteroatoms. The Kier molecular flexibility index (Phi) is 3.74. The monoisotopic (exact) mass is 226 g/mol. The summed E-state index contributed by atoms with van der Waals surface area (Å²) in [5.74, 6) is -1.98. The van der Waals surface area contributed by atoms with Crippen LogP contribution < -0.4 is 0 Å². The van der Waals surface area contributed by atoms with Gasteiger partial charge in [0.1, 0.15) is 0 Å². The van der Waals surface area contributed by atoms with Gasteiger partial charge in [0.25, 0.3) is 0 Å². The predicted octanol–water partition coefficient (Wildman–Crippen LogP) is 1.87. The minimum absolute atomic E-state index is 0.0673. The van der Waals surface area contributed by atoms with E-state index >= 15 is 0 Å². The van der Waals surface area contributed by atoms with E-state index in [0.717, 1.165) is 11.8 Å². The highest BCUT2D eigenvalue weighted by atomic mass is 32.2. The summed E-state index contributed by atoms with van der Waals surface area (Å²) in [6, 6.07) is 4.88. The Balaban J connectivity index is 2.87. The van der Waals surface area contributed by atoms with Gasteiger partial charge in [0.2, 0.25) is 0 Å². The number of carboxylic acid groups (broad SMARTS) is 2. The molecule has 0 saturated heterocycles. The second-order valence-corrected chi connectivity index (χ2v) is 4.01. The molecule has 15 heavy (non-hydrogen) atoms. The number of thioether (sulfide) groups is 1. The number of carbonyl (C=O) groups is 2. The van der Waals surface area contributed by atoms with Crippen LogP contribution in [0.4, 0.5) is 0 Å². The Morgan fingerprint density at radius 1 is 1.33 bits per heavy atom. The third kappa shape index (κ3) is 3.28. The van der Waals surface area contributed by atoms with Gasteiger partial charge in [-0.25, -0.2) is 4.79 Å². The van der Waals surface area contributed by atoms with Crippen LogP contribution in [-0.2, 0) is 4.79 Å². The van der Waals surface area contributed by atoms with Crippen molar-refractivity contribution in [3.05, 3.63) is 29.3 Å². The fourth-order valence-electron chi connectivity index (χ4n) is 1.07. The van der Waals surface area contributed by atoms with E-state index in [2.05, 4.69) is 0 Å². The third-order valence-electron chi connectivity index (χ3n) is 1.80. The second kappa shape index (κ2) is 4.84. The van der Waals surface area contributed by atoms with Crippen molar-refractivity contribution in [1.82, 2.24) is 0 Å². The quantitative estimate of drug-likeness (QED) is 0.766. The molecule has 0 radical (unpaired) electrons. The molecule has 0 atom stereocenters. The molecule has 0 unspecified atom stereocenters. The van der Waals surface area contributed by atoms with Crippen LogP contribution in [0.25, 0.3) is 0 Å². The summed E-state index contributed by atoms with van der Waals surface area (Å²) in [4.78, 5) is 21.8. The van der Waals surface area contributed by atoms with Crippen molar-refractivity contribution in [2.24, 2.45) is 0 Å². The van der Waals surface area contributed by atoms with Gasteiger partial charge in [0, 0.05) is 4.90 Å². The van der Waals surface area contributed by atoms with Crippen molar-refractivity contribution in [2.75, 3.05) is 5.75 Å². The van der Waals surface area contributed by atoms with Crippen LogP contribution in [-0.4, -0.2) is 27.9 Å². The normalized spacial score (nSPS) is 9.93. The lowest BCUT2D eigenvalue weighted by Crippen LogP contribution is -2.01. The van der Waals surface area contributed by atoms with Crippen LogP contribution in [0.5, 0.6) is 0 Å². The smallest absolute Gasteiger partial charge is 0.335 e. The van der Waals surface area contributed by atoms with Crippen LogP contribution in [0, 0.1) is 6.92 Å². The molecule has 80 valence electrons. The first-order valence-electron chi connectivity index (χ1n) is 4.19. The summed E-state index contributed by atoms with van der Waals surface area (Å²) in [6.45, 7) is 1.70. The van der Waals surface area contributed by atoms with Gasteiger partial charge in [0.15, 0.2) is 0 Å². The van der Waals surface area contributed by atoms with E-state index in [1.165, 1.54) is 6.07 Å². The molecular formula is C10H10O4S. The van der Waals surface area contributed by atoms with E-state index in [4.69, 9.17) is 10.2 Å². The average Bonchev–Trinajstić information content (AvgIpc) is 2.16. The van der Waals surface area contributed by atoms with Crippen LogP contribution >= 0.6 is 11.8 Å². The van der Waals surface area contributed by atoms with E-state index < -0.39 is 11.9 Å². The predicted molar refractivity (Wildman–Crippen MR) is 56.5 cm³/mol. The zero-order chi connectivity index (χ0) is 11.4. The summed E-state index contributed by atoms with van der Waals surface area (Å²) < 4.78 is 0. The molecule has 0 bridgehead atoms. The largest absolute Gasteiger partial charge is 0.481 e. The van der Waals surface area contributed by atoms with E-state index in [0.29, 0.717) is 10.5 Å². The van der Waals surface area contributed by atoms with Gasteiger partial charge in [0.05, 0.1) is 11.3 Å². The molecule has 0 aromatic heterocycles. The topological polar surface area (TPSA) is 74.6 Å². The third-order valence-corrected chi connectivity index (χ3v) is 2.78. The Morgan fingerprint density at radius 3 is 2.53 bits per heavy atom. The molecule has 0 amide bonds. The standard InChI is InChI=1S/C10H10O4S/c1-6-2-3-7(15-5-9(11)12)4-8(6)10(13)14/h2-4H,5H2,1H3,(H,11,12)(H,13,14). The van der Waals surface area contributed by atoms with E-state index in [9.17, 15) is 9.59 Å². The molecule has 1 aromatic rings. The number of carboxylic acids is 2. The molecule has 0 aliphatic rings. The van der Waals surface area contributed by atoms with Crippen molar-refractivity contribution in [2.45, 2.75) is 11.8 Å². The van der Waals surface area contributed by atoms with E-state index in [-0.39, 0.29) is 11.3 Å². The van der Waals surface area contributed by atoms with Crippen molar-refractivity contribution in [3.8, 4) is 0 Å². The number of benzene rings is 1. The maximum absolute atomic E-state index is 10.8. The second-order valence-electron chi connectivity index (χ2n) is 2.96. The van der Waals surface area contributed by atoms with Crippen molar-refractivity contribution < 1.29 is 19.8 Å².